The summed E-state index contributed by atoms with van der Waals surface area (Å²) in [5.74, 6) is 0.208. The number of rotatable bonds is 8. The minimum Gasteiger partial charge on any atom is -0.496 e. The van der Waals surface area contributed by atoms with E-state index in [1.54, 1.807) is 7.11 Å². The fourth-order valence-corrected chi connectivity index (χ4v) is 10.6. The summed E-state index contributed by atoms with van der Waals surface area (Å²) < 4.78 is 37.2. The molecule has 0 radical (unpaired) electrons. The Labute approximate surface area is 296 Å². The van der Waals surface area contributed by atoms with Crippen molar-refractivity contribution in [3.8, 4) is 5.75 Å². The van der Waals surface area contributed by atoms with E-state index in [0.29, 0.717) is 36.5 Å². The standard InChI is InChI=1S/C39H51N5O5S/c1-22(2)40-24-18-25-14-15-26(19-24)44(25)39(46)29-13-9-12-28-34(29)32-20-30-33(49-5)17-16-27(23-10-7-6-8-11-23)37(30)43(32)21-31-35(28)36(31)38(45)41-50(47,48)42(3)4/h9,12,16-17,20,22-26,29,34,40H,6-8,10-11,13-15,18-19,21H2,1-5H3,(H,41,45)/t24?,25?,26?,29-,34?/m1/s1. The van der Waals surface area contributed by atoms with Crippen LogP contribution in [0.5, 0.6) is 5.75 Å². The van der Waals surface area contributed by atoms with Gasteiger partial charge in [-0.05, 0) is 85.3 Å². The zero-order chi connectivity index (χ0) is 35.1. The normalized spacial score (nSPS) is 27.8. The van der Waals surface area contributed by atoms with Crippen molar-refractivity contribution < 1.29 is 22.7 Å². The van der Waals surface area contributed by atoms with Crippen molar-refractivity contribution in [1.29, 1.82) is 0 Å². The summed E-state index contributed by atoms with van der Waals surface area (Å²) in [4.78, 5) is 31.0. The van der Waals surface area contributed by atoms with Crippen molar-refractivity contribution in [3.63, 3.8) is 0 Å². The lowest BCUT2D eigenvalue weighted by atomic mass is 9.75. The number of amides is 2. The first-order valence-electron chi connectivity index (χ1n) is 18.7. The Morgan fingerprint density at radius 3 is 2.40 bits per heavy atom. The Morgan fingerprint density at radius 1 is 1.02 bits per heavy atom. The van der Waals surface area contributed by atoms with Crippen LogP contribution >= 0.6 is 0 Å². The first kappa shape index (κ1) is 33.7. The number of hydrogen-bond donors (Lipinski definition) is 2. The van der Waals surface area contributed by atoms with Crippen LogP contribution in [0, 0.1) is 5.92 Å². The number of aromatic nitrogens is 1. The molecule has 2 aromatic rings. The molecule has 3 aliphatic heterocycles. The van der Waals surface area contributed by atoms with Crippen LogP contribution in [-0.2, 0) is 26.3 Å². The smallest absolute Gasteiger partial charge is 0.303 e. The Hall–Kier alpha value is -3.41. The number of benzene rings is 1. The Balaban J connectivity index is 1.26. The molecule has 10 nitrogen and oxygen atoms in total. The molecule has 4 heterocycles. The van der Waals surface area contributed by atoms with Gasteiger partial charge in [0.25, 0.3) is 5.91 Å². The van der Waals surface area contributed by atoms with E-state index in [2.05, 4.69) is 63.7 Å². The van der Waals surface area contributed by atoms with Crippen LogP contribution in [0.3, 0.4) is 0 Å². The average molecular weight is 702 g/mol. The lowest BCUT2D eigenvalue weighted by molar-refractivity contribution is -0.141. The van der Waals surface area contributed by atoms with E-state index in [-0.39, 0.29) is 29.8 Å². The zero-order valence-electron chi connectivity index (χ0n) is 30.0. The highest BCUT2D eigenvalue weighted by Crippen LogP contribution is 2.56. The van der Waals surface area contributed by atoms with Crippen LogP contribution in [0.1, 0.15) is 101 Å². The molecule has 1 aromatic heterocycles. The van der Waals surface area contributed by atoms with Gasteiger partial charge in [-0.15, -0.1) is 0 Å². The monoisotopic (exact) mass is 701 g/mol. The second-order valence-corrected chi connectivity index (χ2v) is 17.7. The van der Waals surface area contributed by atoms with Gasteiger partial charge in [0.1, 0.15) is 5.75 Å². The summed E-state index contributed by atoms with van der Waals surface area (Å²) in [5, 5.41) is 4.77. The van der Waals surface area contributed by atoms with Crippen molar-refractivity contribution in [2.75, 3.05) is 21.2 Å². The number of allylic oxidation sites excluding steroid dienone is 4. The number of nitrogens with one attached hydrogen (secondary N) is 2. The third kappa shape index (κ3) is 5.55. The molecule has 1 saturated carbocycles. The van der Waals surface area contributed by atoms with Crippen molar-refractivity contribution in [2.24, 2.45) is 5.92 Å². The molecule has 1 aromatic carbocycles. The minimum absolute atomic E-state index is 0.203. The lowest BCUT2D eigenvalue weighted by Gasteiger charge is -2.43. The highest BCUT2D eigenvalue weighted by atomic mass is 32.2. The van der Waals surface area contributed by atoms with Crippen molar-refractivity contribution in [1.82, 2.24) is 23.8 Å². The number of hydrogen-bond acceptors (Lipinski definition) is 6. The highest BCUT2D eigenvalue weighted by molar-refractivity contribution is 7.87. The summed E-state index contributed by atoms with van der Waals surface area (Å²) in [7, 11) is 0.538. The van der Waals surface area contributed by atoms with E-state index in [1.165, 1.54) is 38.9 Å². The average Bonchev–Trinajstić information content (AvgIpc) is 3.62. The van der Waals surface area contributed by atoms with Crippen LogP contribution in [0.15, 0.2) is 52.6 Å². The maximum absolute atomic E-state index is 15.0. The van der Waals surface area contributed by atoms with Gasteiger partial charge < -0.3 is 19.5 Å². The summed E-state index contributed by atoms with van der Waals surface area (Å²) in [5.41, 5.74) is 6.54. The molecule has 3 aliphatic carbocycles. The quantitative estimate of drug-likeness (QED) is 0.380. The second-order valence-electron chi connectivity index (χ2n) is 15.9. The number of carbonyl (C=O) groups excluding carboxylic acids is 2. The first-order valence-corrected chi connectivity index (χ1v) is 20.1. The molecule has 2 bridgehead atoms. The van der Waals surface area contributed by atoms with Crippen molar-refractivity contribution in [3.05, 3.63) is 63.9 Å². The van der Waals surface area contributed by atoms with Gasteiger partial charge in [0.15, 0.2) is 0 Å². The van der Waals surface area contributed by atoms with E-state index in [1.807, 2.05) is 0 Å². The van der Waals surface area contributed by atoms with Crippen LogP contribution in [0.25, 0.3) is 10.9 Å². The molecule has 3 unspecified atom stereocenters. The molecule has 268 valence electrons. The fourth-order valence-electron chi connectivity index (χ4n) is 10.1. The molecule has 3 fully saturated rings. The van der Waals surface area contributed by atoms with Gasteiger partial charge in [-0.1, -0.05) is 51.3 Å². The Bertz CT molecular complexity index is 1940. The summed E-state index contributed by atoms with van der Waals surface area (Å²) in [6, 6.07) is 7.83. The molecule has 2 amide bonds. The summed E-state index contributed by atoms with van der Waals surface area (Å²) >= 11 is 0. The van der Waals surface area contributed by atoms with Crippen LogP contribution in [0.2, 0.25) is 0 Å². The third-order valence-electron chi connectivity index (χ3n) is 12.3. The van der Waals surface area contributed by atoms with E-state index < -0.39 is 16.1 Å². The van der Waals surface area contributed by atoms with Gasteiger partial charge in [0.05, 0.1) is 24.1 Å². The number of nitrogens with zero attached hydrogens (tertiary/aromatic N) is 3. The second kappa shape index (κ2) is 12.7. The van der Waals surface area contributed by atoms with Gasteiger partial charge >= 0.3 is 10.2 Å². The van der Waals surface area contributed by atoms with Crippen LogP contribution in [0.4, 0.5) is 0 Å². The molecular weight excluding hydrogens is 651 g/mol. The Kier molecular flexibility index (Phi) is 8.54. The SMILES string of the molecule is COc1ccc(C2CCCCC2)c2c1cc1n2CC2=C(C(=O)NS(=O)(=O)N(C)C)C2=C2C=CC[C@@H](C(=O)N3C4CCC3CC(NC(C)C)C4)C21. The summed E-state index contributed by atoms with van der Waals surface area (Å²) in [6.45, 7) is 4.82. The maximum atomic E-state index is 15.0. The van der Waals surface area contributed by atoms with Crippen LogP contribution in [-0.4, -0.2) is 79.4 Å². The molecule has 2 N–H and O–H groups in total. The number of ether oxygens (including phenoxy) is 1. The fraction of sp³-hybridized carbons (Fsp3) is 0.590. The molecule has 2 saturated heterocycles. The third-order valence-corrected chi connectivity index (χ3v) is 13.7. The number of piperidine rings is 1. The van der Waals surface area contributed by atoms with E-state index in [9.17, 15) is 13.2 Å². The largest absolute Gasteiger partial charge is 0.496 e. The number of carbonyl (C=O) groups is 2. The Morgan fingerprint density at radius 2 is 1.74 bits per heavy atom. The van der Waals surface area contributed by atoms with Crippen molar-refractivity contribution >= 4 is 32.9 Å². The minimum atomic E-state index is -3.98. The predicted molar refractivity (Wildman–Crippen MR) is 194 cm³/mol. The molecule has 6 aliphatic rings. The van der Waals surface area contributed by atoms with Gasteiger partial charge in [-0.2, -0.15) is 12.7 Å². The molecule has 0 spiro atoms. The predicted octanol–water partition coefficient (Wildman–Crippen LogP) is 5.42. The van der Waals surface area contributed by atoms with E-state index in [0.717, 1.165) is 81.9 Å². The van der Waals surface area contributed by atoms with Gasteiger partial charge in [0, 0.05) is 61.8 Å². The molecule has 8 rings (SSSR count). The van der Waals surface area contributed by atoms with Crippen molar-refractivity contribution in [2.45, 2.75) is 121 Å². The molecule has 50 heavy (non-hydrogen) atoms. The lowest BCUT2D eigenvalue weighted by Crippen LogP contribution is -2.54. The van der Waals surface area contributed by atoms with E-state index in [4.69, 9.17) is 4.74 Å². The molecule has 4 atom stereocenters. The topological polar surface area (TPSA) is 113 Å². The van der Waals surface area contributed by atoms with Crippen LogP contribution < -0.4 is 14.8 Å². The number of fused-ring (bicyclic) bond motifs is 8. The highest BCUT2D eigenvalue weighted by Gasteiger charge is 2.51. The number of methoxy groups -OCH3 is 1. The zero-order valence-corrected chi connectivity index (χ0v) is 30.8. The van der Waals surface area contributed by atoms with Gasteiger partial charge in [-0.25, -0.2) is 4.72 Å². The van der Waals surface area contributed by atoms with E-state index >= 15 is 4.79 Å². The van der Waals surface area contributed by atoms with Gasteiger partial charge in [-0.3, -0.25) is 9.59 Å². The first-order chi connectivity index (χ1) is 24.0. The van der Waals surface area contributed by atoms with Gasteiger partial charge in [0.2, 0.25) is 5.91 Å². The maximum Gasteiger partial charge on any atom is 0.303 e. The molecule has 11 heteroatoms. The summed E-state index contributed by atoms with van der Waals surface area (Å²) in [6.07, 6.45) is 14.7. The molecular formula is C39H51N5O5S.